The van der Waals surface area contributed by atoms with Crippen LogP contribution in [0.25, 0.3) is 0 Å². The lowest BCUT2D eigenvalue weighted by Crippen LogP contribution is -2.36. The maximum absolute atomic E-state index is 14.4. The molecule has 2 nitrogen and oxygen atoms in total. The fraction of sp³-hybridized carbons (Fsp3) is 0.647. The molecule has 2 rings (SSSR count). The van der Waals surface area contributed by atoms with Crippen LogP contribution in [-0.2, 0) is 6.54 Å². The summed E-state index contributed by atoms with van der Waals surface area (Å²) >= 11 is 0. The Hall–Kier alpha value is -1.16. The minimum Gasteiger partial charge on any atom is -0.364 e. The first kappa shape index (κ1) is 16.2. The van der Waals surface area contributed by atoms with Gasteiger partial charge in [0.25, 0.3) is 0 Å². The van der Waals surface area contributed by atoms with E-state index in [9.17, 15) is 8.78 Å². The van der Waals surface area contributed by atoms with Gasteiger partial charge in [0.05, 0.1) is 0 Å². The molecule has 0 heterocycles. The second kappa shape index (κ2) is 7.21. The third-order valence-corrected chi connectivity index (χ3v) is 4.31. The summed E-state index contributed by atoms with van der Waals surface area (Å²) in [5.74, 6) is -0.444. The van der Waals surface area contributed by atoms with Gasteiger partial charge < -0.3 is 10.6 Å². The van der Waals surface area contributed by atoms with Gasteiger partial charge in [-0.3, -0.25) is 0 Å². The maximum atomic E-state index is 14.4. The molecule has 0 atom stereocenters. The molecular weight excluding hydrogens is 270 g/mol. The largest absolute Gasteiger partial charge is 0.364 e. The van der Waals surface area contributed by atoms with Crippen molar-refractivity contribution in [2.75, 3.05) is 11.4 Å². The highest BCUT2D eigenvalue weighted by atomic mass is 19.1. The van der Waals surface area contributed by atoms with Gasteiger partial charge in [-0.1, -0.05) is 26.7 Å². The Morgan fingerprint density at radius 3 is 2.24 bits per heavy atom. The first-order valence-electron chi connectivity index (χ1n) is 7.97. The zero-order valence-electron chi connectivity index (χ0n) is 13.0. The first-order chi connectivity index (χ1) is 10.0. The molecule has 0 aliphatic heterocycles. The van der Waals surface area contributed by atoms with Crippen LogP contribution in [0.2, 0.25) is 0 Å². The van der Waals surface area contributed by atoms with Crippen molar-refractivity contribution in [1.82, 2.24) is 0 Å². The molecule has 2 N–H and O–H groups in total. The normalized spacial score (nSPS) is 15.9. The van der Waals surface area contributed by atoms with E-state index in [1.807, 2.05) is 4.90 Å². The smallest absolute Gasteiger partial charge is 0.149 e. The Labute approximate surface area is 126 Å². The number of anilines is 1. The van der Waals surface area contributed by atoms with Gasteiger partial charge in [-0.25, -0.2) is 8.78 Å². The molecule has 1 aromatic carbocycles. The van der Waals surface area contributed by atoms with E-state index in [2.05, 4.69) is 13.8 Å². The molecule has 0 aromatic heterocycles. The lowest BCUT2D eigenvalue weighted by atomic mass is 10.1. The minimum atomic E-state index is -0.480. The van der Waals surface area contributed by atoms with Gasteiger partial charge in [-0.05, 0) is 42.9 Å². The monoisotopic (exact) mass is 296 g/mol. The minimum absolute atomic E-state index is 0.139. The van der Waals surface area contributed by atoms with Crippen molar-refractivity contribution >= 4 is 5.69 Å². The predicted octanol–water partition coefficient (Wildman–Crippen LogP) is 4.22. The molecule has 1 aromatic rings. The fourth-order valence-corrected chi connectivity index (χ4v) is 3.10. The molecule has 0 spiro atoms. The van der Waals surface area contributed by atoms with Crippen molar-refractivity contribution in [3.8, 4) is 0 Å². The van der Waals surface area contributed by atoms with Crippen LogP contribution in [0, 0.1) is 17.6 Å². The van der Waals surface area contributed by atoms with E-state index < -0.39 is 11.6 Å². The quantitative estimate of drug-likeness (QED) is 0.851. The molecule has 0 amide bonds. The van der Waals surface area contributed by atoms with Crippen LogP contribution in [0.4, 0.5) is 14.5 Å². The molecule has 0 saturated heterocycles. The van der Waals surface area contributed by atoms with Gasteiger partial charge in [-0.2, -0.15) is 0 Å². The second-order valence-corrected chi connectivity index (χ2v) is 6.43. The second-order valence-electron chi connectivity index (χ2n) is 6.43. The highest BCUT2D eigenvalue weighted by Gasteiger charge is 2.27. The van der Waals surface area contributed by atoms with Crippen LogP contribution in [0.1, 0.15) is 51.5 Å². The number of rotatable bonds is 6. The Morgan fingerprint density at radius 1 is 1.19 bits per heavy atom. The summed E-state index contributed by atoms with van der Waals surface area (Å²) in [5.41, 5.74) is 6.13. The zero-order chi connectivity index (χ0) is 15.4. The zero-order valence-corrected chi connectivity index (χ0v) is 13.0. The molecule has 1 aliphatic rings. The van der Waals surface area contributed by atoms with Crippen molar-refractivity contribution < 1.29 is 8.78 Å². The summed E-state index contributed by atoms with van der Waals surface area (Å²) in [5, 5.41) is 0. The number of benzene rings is 1. The Morgan fingerprint density at radius 2 is 1.76 bits per heavy atom. The highest BCUT2D eigenvalue weighted by molar-refractivity contribution is 5.52. The van der Waals surface area contributed by atoms with Gasteiger partial charge in [0.1, 0.15) is 17.3 Å². The van der Waals surface area contributed by atoms with Gasteiger partial charge >= 0.3 is 0 Å². The number of hydrogen-bond donors (Lipinski definition) is 1. The maximum Gasteiger partial charge on any atom is 0.149 e. The van der Waals surface area contributed by atoms with E-state index in [0.717, 1.165) is 32.1 Å². The standard InChI is InChI=1S/C17H26F2N2/c1-12(2)7-8-21(14-5-3-4-6-14)17-15(18)9-13(11-20)10-16(17)19/h9-10,12,14H,3-8,11,20H2,1-2H3. The third kappa shape index (κ3) is 3.94. The number of halogens is 2. The van der Waals surface area contributed by atoms with Gasteiger partial charge in [0.15, 0.2) is 0 Å². The molecule has 4 heteroatoms. The summed E-state index contributed by atoms with van der Waals surface area (Å²) in [7, 11) is 0. The van der Waals surface area contributed by atoms with Crippen molar-refractivity contribution in [2.24, 2.45) is 11.7 Å². The summed E-state index contributed by atoms with van der Waals surface area (Å²) in [6.07, 6.45) is 5.28. The van der Waals surface area contributed by atoms with Crippen LogP contribution < -0.4 is 10.6 Å². The molecule has 1 aliphatic carbocycles. The van der Waals surface area contributed by atoms with E-state index >= 15 is 0 Å². The van der Waals surface area contributed by atoms with E-state index in [1.54, 1.807) is 0 Å². The highest BCUT2D eigenvalue weighted by Crippen LogP contribution is 2.33. The van der Waals surface area contributed by atoms with E-state index in [4.69, 9.17) is 5.73 Å². The SMILES string of the molecule is CC(C)CCN(c1c(F)cc(CN)cc1F)C1CCCC1. The average Bonchev–Trinajstić information content (AvgIpc) is 2.94. The fourth-order valence-electron chi connectivity index (χ4n) is 3.10. The van der Waals surface area contributed by atoms with Gasteiger partial charge in [0, 0.05) is 19.1 Å². The van der Waals surface area contributed by atoms with Crippen molar-refractivity contribution in [2.45, 2.75) is 58.5 Å². The predicted molar refractivity (Wildman–Crippen MR) is 83.3 cm³/mol. The van der Waals surface area contributed by atoms with Crippen molar-refractivity contribution in [3.05, 3.63) is 29.3 Å². The van der Waals surface area contributed by atoms with Crippen LogP contribution in [0.15, 0.2) is 12.1 Å². The number of hydrogen-bond acceptors (Lipinski definition) is 2. The van der Waals surface area contributed by atoms with E-state index in [1.165, 1.54) is 12.1 Å². The van der Waals surface area contributed by atoms with Gasteiger partial charge in [-0.15, -0.1) is 0 Å². The number of nitrogens with two attached hydrogens (primary N) is 1. The van der Waals surface area contributed by atoms with Crippen LogP contribution >= 0.6 is 0 Å². The van der Waals surface area contributed by atoms with Crippen LogP contribution in [0.5, 0.6) is 0 Å². The Balaban J connectivity index is 2.30. The molecule has 0 radical (unpaired) electrons. The molecule has 1 fully saturated rings. The van der Waals surface area contributed by atoms with E-state index in [0.29, 0.717) is 18.0 Å². The lowest BCUT2D eigenvalue weighted by molar-refractivity contribution is 0.500. The topological polar surface area (TPSA) is 29.3 Å². The van der Waals surface area contributed by atoms with Crippen LogP contribution in [0.3, 0.4) is 0 Å². The first-order valence-corrected chi connectivity index (χ1v) is 7.97. The van der Waals surface area contributed by atoms with Crippen molar-refractivity contribution in [3.63, 3.8) is 0 Å². The Kier molecular flexibility index (Phi) is 5.57. The molecule has 21 heavy (non-hydrogen) atoms. The molecular formula is C17H26F2N2. The summed E-state index contributed by atoms with van der Waals surface area (Å²) in [6.45, 7) is 5.13. The molecule has 0 bridgehead atoms. The molecule has 1 saturated carbocycles. The lowest BCUT2D eigenvalue weighted by Gasteiger charge is -2.32. The summed E-state index contributed by atoms with van der Waals surface area (Å²) < 4.78 is 28.8. The average molecular weight is 296 g/mol. The summed E-state index contributed by atoms with van der Waals surface area (Å²) in [4.78, 5) is 1.96. The third-order valence-electron chi connectivity index (χ3n) is 4.31. The van der Waals surface area contributed by atoms with E-state index in [-0.39, 0.29) is 18.3 Å². The van der Waals surface area contributed by atoms with Crippen molar-refractivity contribution in [1.29, 1.82) is 0 Å². The number of nitrogens with zero attached hydrogens (tertiary/aromatic N) is 1. The summed E-state index contributed by atoms with van der Waals surface area (Å²) in [6, 6.07) is 3.00. The molecule has 0 unspecified atom stereocenters. The molecule has 118 valence electrons. The van der Waals surface area contributed by atoms with Crippen LogP contribution in [-0.4, -0.2) is 12.6 Å². The Bertz CT molecular complexity index is 445. The van der Waals surface area contributed by atoms with Gasteiger partial charge in [0.2, 0.25) is 0 Å².